The second-order valence-corrected chi connectivity index (χ2v) is 10.5. The van der Waals surface area contributed by atoms with Gasteiger partial charge in [0.25, 0.3) is 0 Å². The number of ether oxygens (including phenoxy) is 1. The van der Waals surface area contributed by atoms with Gasteiger partial charge < -0.3 is 15.0 Å². The van der Waals surface area contributed by atoms with E-state index < -0.39 is 11.9 Å². The van der Waals surface area contributed by atoms with E-state index >= 15 is 0 Å². The maximum Gasteiger partial charge on any atom is 0.243 e. The number of hydrogen-bond donors (Lipinski definition) is 1. The first-order valence-corrected chi connectivity index (χ1v) is 14.1. The maximum absolute atomic E-state index is 14.7. The molecule has 7 heteroatoms. The molecular formula is C32H36ClFN2O3. The standard InChI is InChI=1S/C32H36ClFN2O3/c33-26-17-19-28(20-18-26)39-21-9-16-31(37)36(23-25-12-7-8-15-29(25)34)30(22-24-10-3-1-4-11-24)32(38)35-27-13-5-2-6-14-27/h1,3-4,7-8,10-12,15,17-20,27,30H,2,5-6,9,13-14,16,21-23H2,(H,35,38)/t30-/m0/s1. The third-order valence-electron chi connectivity index (χ3n) is 7.14. The Morgan fingerprint density at radius 3 is 2.36 bits per heavy atom. The molecule has 3 aromatic rings. The molecule has 3 aromatic carbocycles. The van der Waals surface area contributed by atoms with Crippen LogP contribution in [-0.2, 0) is 22.6 Å². The molecule has 1 aliphatic carbocycles. The van der Waals surface area contributed by atoms with E-state index in [0.29, 0.717) is 35.8 Å². The summed E-state index contributed by atoms with van der Waals surface area (Å²) in [6, 6.07) is 22.5. The normalized spacial score (nSPS) is 14.4. The Labute approximate surface area is 235 Å². The minimum Gasteiger partial charge on any atom is -0.494 e. The van der Waals surface area contributed by atoms with Crippen molar-refractivity contribution in [3.63, 3.8) is 0 Å². The van der Waals surface area contributed by atoms with E-state index in [4.69, 9.17) is 16.3 Å². The lowest BCUT2D eigenvalue weighted by Gasteiger charge is -2.33. The van der Waals surface area contributed by atoms with E-state index in [1.165, 1.54) is 12.5 Å². The first-order chi connectivity index (χ1) is 19.0. The molecule has 39 heavy (non-hydrogen) atoms. The van der Waals surface area contributed by atoms with Gasteiger partial charge in [-0.05, 0) is 55.2 Å². The highest BCUT2D eigenvalue weighted by Crippen LogP contribution is 2.21. The van der Waals surface area contributed by atoms with Crippen LogP contribution in [0.3, 0.4) is 0 Å². The van der Waals surface area contributed by atoms with Crippen molar-refractivity contribution in [3.8, 4) is 5.75 Å². The van der Waals surface area contributed by atoms with E-state index in [1.807, 2.05) is 30.3 Å². The van der Waals surface area contributed by atoms with Crippen LogP contribution >= 0.6 is 11.6 Å². The van der Waals surface area contributed by atoms with Crippen LogP contribution in [0.4, 0.5) is 4.39 Å². The molecule has 2 amide bonds. The lowest BCUT2D eigenvalue weighted by molar-refractivity contribution is -0.141. The van der Waals surface area contributed by atoms with Crippen LogP contribution in [-0.4, -0.2) is 35.4 Å². The summed E-state index contributed by atoms with van der Waals surface area (Å²) in [5.41, 5.74) is 1.32. The number of nitrogens with one attached hydrogen (secondary N) is 1. The average Bonchev–Trinajstić information content (AvgIpc) is 2.96. The van der Waals surface area contributed by atoms with Crippen LogP contribution in [0, 0.1) is 5.82 Å². The van der Waals surface area contributed by atoms with Crippen molar-refractivity contribution in [1.29, 1.82) is 0 Å². The van der Waals surface area contributed by atoms with Crippen LogP contribution < -0.4 is 10.1 Å². The number of hydrogen-bond acceptors (Lipinski definition) is 3. The predicted molar refractivity (Wildman–Crippen MR) is 152 cm³/mol. The quantitative estimate of drug-likeness (QED) is 0.254. The third kappa shape index (κ3) is 8.82. The lowest BCUT2D eigenvalue weighted by atomic mass is 9.94. The summed E-state index contributed by atoms with van der Waals surface area (Å²) in [6.45, 7) is 0.345. The molecule has 4 rings (SSSR count). The molecule has 0 spiro atoms. The van der Waals surface area contributed by atoms with Gasteiger partial charge in [0.1, 0.15) is 17.6 Å². The van der Waals surface area contributed by atoms with Crippen LogP contribution in [0.5, 0.6) is 5.75 Å². The van der Waals surface area contributed by atoms with Crippen LogP contribution in [0.2, 0.25) is 5.02 Å². The number of carbonyl (C=O) groups is 2. The van der Waals surface area contributed by atoms with E-state index in [1.54, 1.807) is 47.4 Å². The van der Waals surface area contributed by atoms with Gasteiger partial charge in [-0.15, -0.1) is 0 Å². The maximum atomic E-state index is 14.7. The molecule has 0 aromatic heterocycles. The fourth-order valence-corrected chi connectivity index (χ4v) is 5.12. The molecule has 0 aliphatic heterocycles. The Hall–Kier alpha value is -3.38. The Kier molecular flexibility index (Phi) is 10.8. The molecule has 1 aliphatic rings. The molecule has 5 nitrogen and oxygen atoms in total. The molecule has 1 atom stereocenters. The minimum atomic E-state index is -0.765. The number of benzene rings is 3. The second kappa shape index (κ2) is 14.7. The van der Waals surface area contributed by atoms with Gasteiger partial charge in [-0.2, -0.15) is 0 Å². The zero-order valence-electron chi connectivity index (χ0n) is 22.2. The molecule has 0 bridgehead atoms. The summed E-state index contributed by atoms with van der Waals surface area (Å²) in [5.74, 6) is -0.123. The molecule has 206 valence electrons. The topological polar surface area (TPSA) is 58.6 Å². The van der Waals surface area contributed by atoms with E-state index in [9.17, 15) is 14.0 Å². The smallest absolute Gasteiger partial charge is 0.243 e. The van der Waals surface area contributed by atoms with Gasteiger partial charge in [0, 0.05) is 36.0 Å². The van der Waals surface area contributed by atoms with Crippen molar-refractivity contribution in [2.75, 3.05) is 6.61 Å². The molecule has 0 saturated heterocycles. The van der Waals surface area contributed by atoms with Crippen molar-refractivity contribution >= 4 is 23.4 Å². The van der Waals surface area contributed by atoms with Gasteiger partial charge >= 0.3 is 0 Å². The molecule has 1 fully saturated rings. The first kappa shape index (κ1) is 28.6. The molecule has 1 N–H and O–H groups in total. The average molecular weight is 551 g/mol. The van der Waals surface area contributed by atoms with Crippen LogP contribution in [0.1, 0.15) is 56.1 Å². The number of amides is 2. The van der Waals surface area contributed by atoms with Gasteiger partial charge in [-0.1, -0.05) is 79.4 Å². The Morgan fingerprint density at radius 1 is 0.949 bits per heavy atom. The van der Waals surface area contributed by atoms with Gasteiger partial charge in [0.2, 0.25) is 11.8 Å². The third-order valence-corrected chi connectivity index (χ3v) is 7.39. The highest BCUT2D eigenvalue weighted by Gasteiger charge is 2.32. The van der Waals surface area contributed by atoms with Crippen molar-refractivity contribution < 1.29 is 18.7 Å². The van der Waals surface area contributed by atoms with Crippen molar-refractivity contribution in [2.24, 2.45) is 0 Å². The molecule has 0 heterocycles. The molecule has 1 saturated carbocycles. The summed E-state index contributed by atoms with van der Waals surface area (Å²) in [7, 11) is 0. The summed E-state index contributed by atoms with van der Waals surface area (Å²) < 4.78 is 20.5. The summed E-state index contributed by atoms with van der Waals surface area (Å²) >= 11 is 5.94. The van der Waals surface area contributed by atoms with E-state index in [-0.39, 0.29) is 30.8 Å². The Bertz CT molecular complexity index is 1200. The van der Waals surface area contributed by atoms with Crippen LogP contribution in [0.15, 0.2) is 78.9 Å². The monoisotopic (exact) mass is 550 g/mol. The zero-order valence-corrected chi connectivity index (χ0v) is 22.9. The largest absolute Gasteiger partial charge is 0.494 e. The van der Waals surface area contributed by atoms with Crippen LogP contribution in [0.25, 0.3) is 0 Å². The highest BCUT2D eigenvalue weighted by atomic mass is 35.5. The lowest BCUT2D eigenvalue weighted by Crippen LogP contribution is -2.53. The molecule has 0 radical (unpaired) electrons. The van der Waals surface area contributed by atoms with E-state index in [2.05, 4.69) is 5.32 Å². The molecular weight excluding hydrogens is 515 g/mol. The number of rotatable bonds is 12. The zero-order chi connectivity index (χ0) is 27.5. The summed E-state index contributed by atoms with van der Waals surface area (Å²) in [4.78, 5) is 29.0. The Morgan fingerprint density at radius 2 is 1.64 bits per heavy atom. The number of carbonyl (C=O) groups excluding carboxylic acids is 2. The van der Waals surface area contributed by atoms with Crippen molar-refractivity contribution in [1.82, 2.24) is 10.2 Å². The summed E-state index contributed by atoms with van der Waals surface area (Å²) in [5, 5.41) is 3.83. The van der Waals surface area contributed by atoms with Gasteiger partial charge in [0.05, 0.1) is 6.61 Å². The number of nitrogens with zero attached hydrogens (tertiary/aromatic N) is 1. The Balaban J connectivity index is 1.52. The van der Waals surface area contributed by atoms with Crippen molar-refractivity contribution in [3.05, 3.63) is 101 Å². The second-order valence-electron chi connectivity index (χ2n) is 10.1. The first-order valence-electron chi connectivity index (χ1n) is 13.7. The predicted octanol–water partition coefficient (Wildman–Crippen LogP) is 6.73. The highest BCUT2D eigenvalue weighted by molar-refractivity contribution is 6.30. The summed E-state index contributed by atoms with van der Waals surface area (Å²) in [6.07, 6.45) is 6.19. The van der Waals surface area contributed by atoms with Gasteiger partial charge in [-0.3, -0.25) is 9.59 Å². The minimum absolute atomic E-state index is 0.0130. The fraction of sp³-hybridized carbons (Fsp3) is 0.375. The number of halogens is 2. The van der Waals surface area contributed by atoms with E-state index in [0.717, 1.165) is 31.2 Å². The molecule has 0 unspecified atom stereocenters. The SMILES string of the molecule is O=C(NC1CCCCC1)[C@H](Cc1ccccc1)N(Cc1ccccc1F)C(=O)CCCOc1ccc(Cl)cc1. The van der Waals surface area contributed by atoms with Crippen molar-refractivity contribution in [2.45, 2.75) is 70.0 Å². The van der Waals surface area contributed by atoms with Gasteiger partial charge in [-0.25, -0.2) is 4.39 Å². The fourth-order valence-electron chi connectivity index (χ4n) is 5.00. The van der Waals surface area contributed by atoms with Gasteiger partial charge in [0.15, 0.2) is 0 Å².